The van der Waals surface area contributed by atoms with E-state index in [1.54, 1.807) is 12.3 Å². The molecule has 0 amide bonds. The van der Waals surface area contributed by atoms with Crippen LogP contribution >= 0.6 is 0 Å². The lowest BCUT2D eigenvalue weighted by molar-refractivity contribution is -0.135. The fourth-order valence-corrected chi connectivity index (χ4v) is 5.94. The monoisotopic (exact) mass is 485 g/mol. The molecule has 3 aromatic rings. The van der Waals surface area contributed by atoms with Gasteiger partial charge in [0.05, 0.1) is 17.4 Å². The number of hydrogen-bond donors (Lipinski definition) is 0. The Balaban J connectivity index is 1.01. The van der Waals surface area contributed by atoms with Crippen molar-refractivity contribution in [1.82, 2.24) is 19.7 Å². The Labute approximate surface area is 202 Å². The predicted molar refractivity (Wildman–Crippen MR) is 128 cm³/mol. The zero-order chi connectivity index (χ0) is 24.0. The SMILES string of the molecule is Fc1cccc2c1ccn2[C@H]1CC[C@@H](N2CCN(c3cnnc(OC4CC(F)(F)C4)c3)CC2)CC1. The molecule has 3 aliphatic rings. The van der Waals surface area contributed by atoms with Crippen molar-refractivity contribution in [3.8, 4) is 5.88 Å². The summed E-state index contributed by atoms with van der Waals surface area (Å²) in [5.74, 6) is -2.44. The number of alkyl halides is 2. The molecule has 6 nitrogen and oxygen atoms in total. The molecule has 0 atom stereocenters. The van der Waals surface area contributed by atoms with Gasteiger partial charge in [-0.2, -0.15) is 5.10 Å². The Morgan fingerprint density at radius 3 is 2.43 bits per heavy atom. The maximum Gasteiger partial charge on any atom is 0.255 e. The van der Waals surface area contributed by atoms with Crippen molar-refractivity contribution in [1.29, 1.82) is 0 Å². The molecule has 35 heavy (non-hydrogen) atoms. The fraction of sp³-hybridized carbons (Fsp3) is 0.538. The molecule has 9 heteroatoms. The van der Waals surface area contributed by atoms with Gasteiger partial charge in [0, 0.05) is 68.8 Å². The summed E-state index contributed by atoms with van der Waals surface area (Å²) < 4.78 is 48.1. The minimum atomic E-state index is -2.61. The Kier molecular flexibility index (Phi) is 5.82. The molecule has 2 aliphatic carbocycles. The average molecular weight is 486 g/mol. The third kappa shape index (κ3) is 4.58. The quantitative estimate of drug-likeness (QED) is 0.506. The molecule has 0 spiro atoms. The number of fused-ring (bicyclic) bond motifs is 1. The van der Waals surface area contributed by atoms with Gasteiger partial charge in [-0.1, -0.05) is 6.07 Å². The summed E-state index contributed by atoms with van der Waals surface area (Å²) in [6.07, 6.45) is 7.24. The number of ether oxygens (including phenoxy) is 1. The van der Waals surface area contributed by atoms with E-state index in [1.165, 1.54) is 6.07 Å². The highest BCUT2D eigenvalue weighted by Gasteiger charge is 2.47. The lowest BCUT2D eigenvalue weighted by atomic mass is 9.89. The molecule has 0 unspecified atom stereocenters. The molecular weight excluding hydrogens is 455 g/mol. The van der Waals surface area contributed by atoms with E-state index in [1.807, 2.05) is 24.4 Å². The van der Waals surface area contributed by atoms with Crippen LogP contribution in [0.15, 0.2) is 42.7 Å². The van der Waals surface area contributed by atoms with Crippen molar-refractivity contribution >= 4 is 16.6 Å². The molecule has 2 aromatic heterocycles. The number of nitrogens with zero attached hydrogens (tertiary/aromatic N) is 5. The minimum Gasteiger partial charge on any atom is -0.473 e. The summed E-state index contributed by atoms with van der Waals surface area (Å²) in [4.78, 5) is 4.85. The third-order valence-corrected chi connectivity index (χ3v) is 7.92. The smallest absolute Gasteiger partial charge is 0.255 e. The zero-order valence-corrected chi connectivity index (χ0v) is 19.6. The van der Waals surface area contributed by atoms with Crippen molar-refractivity contribution in [3.05, 3.63) is 48.5 Å². The summed E-state index contributed by atoms with van der Waals surface area (Å²) in [6, 6.07) is 10.0. The van der Waals surface area contributed by atoms with E-state index < -0.39 is 12.0 Å². The van der Waals surface area contributed by atoms with E-state index in [9.17, 15) is 13.2 Å². The molecule has 3 fully saturated rings. The van der Waals surface area contributed by atoms with Crippen LogP contribution < -0.4 is 9.64 Å². The molecule has 1 aromatic carbocycles. The van der Waals surface area contributed by atoms with Crippen molar-refractivity contribution in [2.75, 3.05) is 31.1 Å². The largest absolute Gasteiger partial charge is 0.473 e. The first-order valence-corrected chi connectivity index (χ1v) is 12.6. The number of halogens is 3. The first-order chi connectivity index (χ1) is 16.9. The maximum atomic E-state index is 14.1. The maximum absolute atomic E-state index is 14.1. The Morgan fingerprint density at radius 1 is 0.943 bits per heavy atom. The molecule has 3 heterocycles. The van der Waals surface area contributed by atoms with Gasteiger partial charge in [-0.15, -0.1) is 5.10 Å². The van der Waals surface area contributed by atoms with Crippen molar-refractivity contribution < 1.29 is 17.9 Å². The van der Waals surface area contributed by atoms with Gasteiger partial charge in [-0.05, 0) is 43.9 Å². The summed E-state index contributed by atoms with van der Waals surface area (Å²) in [7, 11) is 0. The van der Waals surface area contributed by atoms with Gasteiger partial charge >= 0.3 is 0 Å². The van der Waals surface area contributed by atoms with Gasteiger partial charge in [0.2, 0.25) is 5.88 Å². The van der Waals surface area contributed by atoms with Gasteiger partial charge in [-0.25, -0.2) is 13.2 Å². The van der Waals surface area contributed by atoms with Gasteiger partial charge in [-0.3, -0.25) is 4.90 Å². The van der Waals surface area contributed by atoms with Gasteiger partial charge in [0.1, 0.15) is 11.9 Å². The van der Waals surface area contributed by atoms with E-state index in [2.05, 4.69) is 24.6 Å². The number of hydrogen-bond acceptors (Lipinski definition) is 5. The normalized spacial score (nSPS) is 25.5. The third-order valence-electron chi connectivity index (χ3n) is 7.92. The summed E-state index contributed by atoms with van der Waals surface area (Å²) >= 11 is 0. The second kappa shape index (κ2) is 9.00. The first kappa shape index (κ1) is 22.6. The van der Waals surface area contributed by atoms with Crippen LogP contribution in [-0.4, -0.2) is 63.9 Å². The van der Waals surface area contributed by atoms with Gasteiger partial charge in [0.25, 0.3) is 5.92 Å². The number of benzene rings is 1. The van der Waals surface area contributed by atoms with E-state index in [4.69, 9.17) is 4.74 Å². The van der Waals surface area contributed by atoms with Crippen LogP contribution in [0.3, 0.4) is 0 Å². The lowest BCUT2D eigenvalue weighted by Gasteiger charge is -2.42. The second-order valence-electron chi connectivity index (χ2n) is 10.1. The minimum absolute atomic E-state index is 0.152. The Bertz CT molecular complexity index is 1180. The van der Waals surface area contributed by atoms with E-state index in [0.29, 0.717) is 23.3 Å². The van der Waals surface area contributed by atoms with Crippen molar-refractivity contribution in [2.45, 2.75) is 62.6 Å². The lowest BCUT2D eigenvalue weighted by Crippen LogP contribution is -2.51. The standard InChI is InChI=1S/C26H30F3N5O/c27-23-2-1-3-24-22(23)8-9-34(24)19-6-4-18(5-7-19)32-10-12-33(13-11-32)20-14-25(31-30-17-20)35-21-15-26(28,29)16-21/h1-3,8-9,14,17-19,21H,4-7,10-13,15-16H2/t18-,19+. The Hall–Kier alpha value is -2.81. The summed E-state index contributed by atoms with van der Waals surface area (Å²) in [5.41, 5.74) is 1.92. The molecule has 1 aliphatic heterocycles. The summed E-state index contributed by atoms with van der Waals surface area (Å²) in [5, 5.41) is 8.70. The molecular formula is C26H30F3N5O. The number of piperazine rings is 1. The number of rotatable bonds is 5. The average Bonchev–Trinajstić information content (AvgIpc) is 3.29. The first-order valence-electron chi connectivity index (χ1n) is 12.6. The van der Waals surface area contributed by atoms with Crippen LogP contribution in [-0.2, 0) is 0 Å². The number of aromatic nitrogens is 3. The highest BCUT2D eigenvalue weighted by Crippen LogP contribution is 2.40. The van der Waals surface area contributed by atoms with Crippen molar-refractivity contribution in [3.63, 3.8) is 0 Å². The van der Waals surface area contributed by atoms with Gasteiger partial charge < -0.3 is 14.2 Å². The van der Waals surface area contributed by atoms with E-state index in [-0.39, 0.29) is 18.7 Å². The van der Waals surface area contributed by atoms with Crippen LogP contribution in [0.1, 0.15) is 44.6 Å². The molecule has 0 N–H and O–H groups in total. The van der Waals surface area contributed by atoms with Gasteiger partial charge in [0.15, 0.2) is 0 Å². The highest BCUT2D eigenvalue weighted by molar-refractivity contribution is 5.80. The van der Waals surface area contributed by atoms with E-state index >= 15 is 0 Å². The fourth-order valence-electron chi connectivity index (χ4n) is 5.94. The molecule has 0 radical (unpaired) electrons. The van der Waals surface area contributed by atoms with Crippen LogP contribution in [0, 0.1) is 5.82 Å². The Morgan fingerprint density at radius 2 is 1.69 bits per heavy atom. The van der Waals surface area contributed by atoms with Crippen LogP contribution in [0.4, 0.5) is 18.9 Å². The topological polar surface area (TPSA) is 46.4 Å². The highest BCUT2D eigenvalue weighted by atomic mass is 19.3. The van der Waals surface area contributed by atoms with Crippen LogP contribution in [0.5, 0.6) is 5.88 Å². The molecule has 1 saturated heterocycles. The van der Waals surface area contributed by atoms with Crippen LogP contribution in [0.25, 0.3) is 10.9 Å². The van der Waals surface area contributed by atoms with Crippen LogP contribution in [0.2, 0.25) is 0 Å². The van der Waals surface area contributed by atoms with E-state index in [0.717, 1.165) is 63.1 Å². The summed E-state index contributed by atoms with van der Waals surface area (Å²) in [6.45, 7) is 3.71. The second-order valence-corrected chi connectivity index (χ2v) is 10.1. The molecule has 2 saturated carbocycles. The zero-order valence-electron chi connectivity index (χ0n) is 19.6. The molecule has 6 rings (SSSR count). The molecule has 186 valence electrons. The molecule has 0 bridgehead atoms. The number of anilines is 1. The predicted octanol–water partition coefficient (Wildman–Crippen LogP) is 5.05. The van der Waals surface area contributed by atoms with Crippen molar-refractivity contribution in [2.24, 2.45) is 0 Å².